The van der Waals surface area contributed by atoms with Crippen LogP contribution in [0.4, 0.5) is 10.5 Å². The number of amides is 3. The maximum absolute atomic E-state index is 13.1. The molecule has 1 heterocycles. The molecule has 0 radical (unpaired) electrons. The second-order valence-electron chi connectivity index (χ2n) is 9.22. The fourth-order valence-electron chi connectivity index (χ4n) is 4.55. The van der Waals surface area contributed by atoms with Crippen molar-refractivity contribution in [2.75, 3.05) is 11.9 Å². The Bertz CT molecular complexity index is 892. The summed E-state index contributed by atoms with van der Waals surface area (Å²) in [6, 6.07) is 4.15. The molecule has 3 rings (SSSR count). The van der Waals surface area contributed by atoms with Crippen LogP contribution in [-0.2, 0) is 9.53 Å². The fraction of sp³-hybridized carbons (Fsp3) is 0.522. The third-order valence-electron chi connectivity index (χ3n) is 5.82. The number of phenols is 1. The highest BCUT2D eigenvalue weighted by atomic mass is 16.6. The van der Waals surface area contributed by atoms with Gasteiger partial charge in [-0.2, -0.15) is 0 Å². The van der Waals surface area contributed by atoms with Gasteiger partial charge in [0.25, 0.3) is 5.91 Å². The van der Waals surface area contributed by atoms with Crippen LogP contribution in [0.5, 0.6) is 5.75 Å². The average Bonchev–Trinajstić information content (AvgIpc) is 3.11. The van der Waals surface area contributed by atoms with Gasteiger partial charge in [-0.25, -0.2) is 4.79 Å². The van der Waals surface area contributed by atoms with Gasteiger partial charge in [0.1, 0.15) is 11.4 Å². The third-order valence-corrected chi connectivity index (χ3v) is 5.82. The Hall–Kier alpha value is -3.03. The van der Waals surface area contributed by atoms with E-state index in [1.165, 1.54) is 18.2 Å². The van der Waals surface area contributed by atoms with Gasteiger partial charge in [-0.05, 0) is 77.2 Å². The Balaban J connectivity index is 1.81. The molecule has 2 unspecified atom stereocenters. The minimum Gasteiger partial charge on any atom is -0.507 e. The summed E-state index contributed by atoms with van der Waals surface area (Å²) in [5.41, 5.74) is -0.719. The highest BCUT2D eigenvalue weighted by Crippen LogP contribution is 2.41. The first-order valence-electron chi connectivity index (χ1n) is 10.6. The van der Waals surface area contributed by atoms with E-state index in [0.717, 1.165) is 38.2 Å². The second-order valence-corrected chi connectivity index (χ2v) is 9.22. The van der Waals surface area contributed by atoms with Crippen LogP contribution in [0.25, 0.3) is 0 Å². The normalized spacial score (nSPS) is 22.9. The van der Waals surface area contributed by atoms with Crippen LogP contribution < -0.4 is 10.6 Å². The average molecular weight is 430 g/mol. The number of benzene rings is 1. The number of piperidine rings is 1. The minimum absolute atomic E-state index is 0.0660. The maximum Gasteiger partial charge on any atom is 0.410 e. The molecule has 8 nitrogen and oxygen atoms in total. The zero-order valence-corrected chi connectivity index (χ0v) is 18.4. The molecular weight excluding hydrogens is 398 g/mol. The molecule has 0 bridgehead atoms. The summed E-state index contributed by atoms with van der Waals surface area (Å²) in [5.74, 6) is -1.03. The van der Waals surface area contributed by atoms with Gasteiger partial charge in [-0.15, -0.1) is 0 Å². The van der Waals surface area contributed by atoms with Crippen LogP contribution in [0.1, 0.15) is 63.2 Å². The Kier molecular flexibility index (Phi) is 6.29. The molecular formula is C23H31N3O5. The van der Waals surface area contributed by atoms with Crippen LogP contribution in [-0.4, -0.2) is 51.6 Å². The highest BCUT2D eigenvalue weighted by Gasteiger charge is 2.51. The molecule has 1 saturated carbocycles. The Morgan fingerprint density at radius 2 is 1.97 bits per heavy atom. The van der Waals surface area contributed by atoms with Crippen molar-refractivity contribution in [3.8, 4) is 5.75 Å². The summed E-state index contributed by atoms with van der Waals surface area (Å²) in [6.45, 7) is 9.49. The van der Waals surface area contributed by atoms with Crippen LogP contribution in [0.2, 0.25) is 0 Å². The predicted molar refractivity (Wildman–Crippen MR) is 117 cm³/mol. The Morgan fingerprint density at radius 1 is 1.26 bits per heavy atom. The van der Waals surface area contributed by atoms with Crippen molar-refractivity contribution in [1.29, 1.82) is 0 Å². The molecule has 1 saturated heterocycles. The smallest absolute Gasteiger partial charge is 0.410 e. The SMILES string of the molecule is C=CC(=O)Nc1ccc(O)c(C(=O)NC23CCCC2N(C(=O)OC(C)(C)C)CCC3)c1. The van der Waals surface area contributed by atoms with E-state index in [1.54, 1.807) is 4.90 Å². The fourth-order valence-corrected chi connectivity index (χ4v) is 4.55. The Labute approximate surface area is 182 Å². The first-order valence-corrected chi connectivity index (χ1v) is 10.6. The molecule has 1 aromatic carbocycles. The van der Waals surface area contributed by atoms with Crippen molar-refractivity contribution in [2.24, 2.45) is 0 Å². The zero-order valence-electron chi connectivity index (χ0n) is 18.4. The third kappa shape index (κ3) is 5.00. The summed E-state index contributed by atoms with van der Waals surface area (Å²) in [4.78, 5) is 39.2. The number of likely N-dealkylation sites (tertiary alicyclic amines) is 1. The van der Waals surface area contributed by atoms with Crippen LogP contribution in [0.3, 0.4) is 0 Å². The van der Waals surface area contributed by atoms with Crippen LogP contribution in [0.15, 0.2) is 30.9 Å². The van der Waals surface area contributed by atoms with Gasteiger partial charge in [0, 0.05) is 12.2 Å². The molecule has 2 fully saturated rings. The number of aromatic hydroxyl groups is 1. The number of ether oxygens (including phenoxy) is 1. The van der Waals surface area contributed by atoms with Gasteiger partial charge < -0.3 is 25.4 Å². The van der Waals surface area contributed by atoms with Gasteiger partial charge in [0.15, 0.2) is 0 Å². The first-order chi connectivity index (χ1) is 14.5. The van der Waals surface area contributed by atoms with Crippen LogP contribution >= 0.6 is 0 Å². The van der Waals surface area contributed by atoms with Crippen molar-refractivity contribution in [3.63, 3.8) is 0 Å². The van der Waals surface area contributed by atoms with Crippen molar-refractivity contribution >= 4 is 23.6 Å². The van der Waals surface area contributed by atoms with E-state index < -0.39 is 23.0 Å². The summed E-state index contributed by atoms with van der Waals surface area (Å²) in [5, 5.41) is 16.0. The molecule has 1 aromatic rings. The van der Waals surface area contributed by atoms with E-state index >= 15 is 0 Å². The number of fused-ring (bicyclic) bond motifs is 1. The maximum atomic E-state index is 13.1. The number of nitrogens with one attached hydrogen (secondary N) is 2. The van der Waals surface area contributed by atoms with Crippen molar-refractivity contribution in [1.82, 2.24) is 10.2 Å². The van der Waals surface area contributed by atoms with E-state index in [1.807, 2.05) is 20.8 Å². The van der Waals surface area contributed by atoms with E-state index in [0.29, 0.717) is 12.2 Å². The first kappa shape index (κ1) is 22.7. The molecule has 3 amide bonds. The number of phenolic OH excluding ortho intramolecular Hbond substituents is 1. The van der Waals surface area contributed by atoms with Gasteiger partial charge >= 0.3 is 6.09 Å². The monoisotopic (exact) mass is 429 g/mol. The predicted octanol–water partition coefficient (Wildman–Crippen LogP) is 3.57. The molecule has 1 aliphatic carbocycles. The number of hydrogen-bond acceptors (Lipinski definition) is 5. The molecule has 0 aromatic heterocycles. The number of anilines is 1. The second kappa shape index (κ2) is 8.61. The summed E-state index contributed by atoms with van der Waals surface area (Å²) >= 11 is 0. The van der Waals surface area contributed by atoms with Gasteiger partial charge in [-0.1, -0.05) is 6.58 Å². The van der Waals surface area contributed by atoms with Crippen molar-refractivity contribution < 1.29 is 24.2 Å². The summed E-state index contributed by atoms with van der Waals surface area (Å²) in [7, 11) is 0. The number of carbonyl (C=O) groups excluding carboxylic acids is 3. The van der Waals surface area contributed by atoms with E-state index in [4.69, 9.17) is 4.74 Å². The molecule has 2 atom stereocenters. The Morgan fingerprint density at radius 3 is 2.65 bits per heavy atom. The van der Waals surface area contributed by atoms with E-state index in [-0.39, 0.29) is 23.4 Å². The molecule has 168 valence electrons. The number of carbonyl (C=O) groups is 3. The molecule has 1 aliphatic heterocycles. The lowest BCUT2D eigenvalue weighted by atomic mass is 9.83. The molecule has 8 heteroatoms. The molecule has 31 heavy (non-hydrogen) atoms. The topological polar surface area (TPSA) is 108 Å². The number of rotatable bonds is 4. The lowest BCUT2D eigenvalue weighted by molar-refractivity contribution is -0.111. The summed E-state index contributed by atoms with van der Waals surface area (Å²) < 4.78 is 5.59. The minimum atomic E-state index is -0.596. The molecule has 2 aliphatic rings. The summed E-state index contributed by atoms with van der Waals surface area (Å²) in [6.07, 6.45) is 4.66. The zero-order chi connectivity index (χ0) is 22.8. The highest BCUT2D eigenvalue weighted by molar-refractivity contribution is 6.02. The van der Waals surface area contributed by atoms with Crippen molar-refractivity contribution in [3.05, 3.63) is 36.4 Å². The molecule has 0 spiro atoms. The lowest BCUT2D eigenvalue weighted by Gasteiger charge is -2.46. The quantitative estimate of drug-likeness (QED) is 0.501. The van der Waals surface area contributed by atoms with Gasteiger partial charge in [0.2, 0.25) is 5.91 Å². The number of nitrogens with zero attached hydrogens (tertiary/aromatic N) is 1. The van der Waals surface area contributed by atoms with Crippen LogP contribution in [0, 0.1) is 0 Å². The number of hydrogen-bond donors (Lipinski definition) is 3. The van der Waals surface area contributed by atoms with Crippen molar-refractivity contribution in [2.45, 2.75) is 70.1 Å². The standard InChI is InChI=1S/C23H31N3O5/c1-5-19(28)24-15-9-10-17(27)16(14-15)20(29)25-23-11-6-8-18(23)26(13-7-12-23)21(30)31-22(2,3)4/h5,9-10,14,18,27H,1,6-8,11-13H2,2-4H3,(H,24,28)(H,25,29). The van der Waals surface area contributed by atoms with E-state index in [2.05, 4.69) is 17.2 Å². The van der Waals surface area contributed by atoms with E-state index in [9.17, 15) is 19.5 Å². The van der Waals surface area contributed by atoms with Gasteiger partial charge in [0.05, 0.1) is 17.1 Å². The molecule has 3 N–H and O–H groups in total. The van der Waals surface area contributed by atoms with Gasteiger partial charge in [-0.3, -0.25) is 9.59 Å². The lowest BCUT2D eigenvalue weighted by Crippen LogP contribution is -2.63. The largest absolute Gasteiger partial charge is 0.507 e.